The highest BCUT2D eigenvalue weighted by atomic mass is 16.5. The summed E-state index contributed by atoms with van der Waals surface area (Å²) in [5, 5.41) is 13.4. The van der Waals surface area contributed by atoms with Gasteiger partial charge in [0.1, 0.15) is 5.75 Å². The van der Waals surface area contributed by atoms with Gasteiger partial charge in [-0.3, -0.25) is 0 Å². The van der Waals surface area contributed by atoms with Crippen molar-refractivity contribution < 1.29 is 9.63 Å². The maximum absolute atomic E-state index is 9.58. The van der Waals surface area contributed by atoms with Gasteiger partial charge in [-0.15, -0.1) is 0 Å². The summed E-state index contributed by atoms with van der Waals surface area (Å²) in [6.07, 6.45) is 0. The highest BCUT2D eigenvalue weighted by molar-refractivity contribution is 5.58. The van der Waals surface area contributed by atoms with E-state index in [-0.39, 0.29) is 5.75 Å². The van der Waals surface area contributed by atoms with Crippen molar-refractivity contribution >= 4 is 5.95 Å². The van der Waals surface area contributed by atoms with Crippen LogP contribution in [0, 0.1) is 6.92 Å². The zero-order valence-corrected chi connectivity index (χ0v) is 9.43. The van der Waals surface area contributed by atoms with Crippen LogP contribution in [0.4, 0.5) is 5.95 Å². The molecule has 0 radical (unpaired) electrons. The van der Waals surface area contributed by atoms with Crippen LogP contribution in [0.3, 0.4) is 0 Å². The molecule has 0 atom stereocenters. The number of phenols is 1. The number of hydrogen-bond acceptors (Lipinski definition) is 5. The lowest BCUT2D eigenvalue weighted by molar-refractivity contribution is 0.429. The maximum Gasteiger partial charge on any atom is 0.265 e. The Balaban J connectivity index is 2.39. The number of phenolic OH excluding ortho intramolecular Hbond substituents is 1. The summed E-state index contributed by atoms with van der Waals surface area (Å²) in [6.45, 7) is 1.83. The van der Waals surface area contributed by atoms with Crippen molar-refractivity contribution in [2.45, 2.75) is 6.92 Å². The number of hydrogen-bond donors (Lipinski definition) is 1. The van der Waals surface area contributed by atoms with E-state index in [1.165, 1.54) is 0 Å². The summed E-state index contributed by atoms with van der Waals surface area (Å²) >= 11 is 0. The molecule has 1 aromatic carbocycles. The van der Waals surface area contributed by atoms with Gasteiger partial charge in [-0.05, 0) is 29.8 Å². The van der Waals surface area contributed by atoms with Crippen molar-refractivity contribution in [3.63, 3.8) is 0 Å². The third-order valence-electron chi connectivity index (χ3n) is 2.27. The lowest BCUT2D eigenvalue weighted by atomic mass is 10.1. The van der Waals surface area contributed by atoms with Crippen LogP contribution in [0.5, 0.6) is 5.75 Å². The molecular weight excluding hydrogens is 206 g/mol. The van der Waals surface area contributed by atoms with Crippen LogP contribution in [0.2, 0.25) is 0 Å². The predicted octanol–water partition coefficient (Wildman–Crippen LogP) is 1.82. The molecule has 0 fully saturated rings. The second kappa shape index (κ2) is 3.84. The molecule has 5 nitrogen and oxygen atoms in total. The fourth-order valence-electron chi connectivity index (χ4n) is 1.26. The van der Waals surface area contributed by atoms with E-state index >= 15 is 0 Å². The van der Waals surface area contributed by atoms with Gasteiger partial charge in [-0.1, -0.05) is 6.07 Å². The predicted molar refractivity (Wildman–Crippen MR) is 60.5 cm³/mol. The molecule has 0 unspecified atom stereocenters. The Bertz CT molecular complexity index is 506. The largest absolute Gasteiger partial charge is 0.508 e. The lowest BCUT2D eigenvalue weighted by Crippen LogP contribution is -2.09. The van der Waals surface area contributed by atoms with Crippen LogP contribution >= 0.6 is 0 Å². The molecule has 0 aliphatic heterocycles. The summed E-state index contributed by atoms with van der Waals surface area (Å²) in [7, 11) is 3.67. The Hall–Kier alpha value is -2.04. The van der Waals surface area contributed by atoms with E-state index in [2.05, 4.69) is 10.1 Å². The van der Waals surface area contributed by atoms with Crippen LogP contribution in [-0.4, -0.2) is 29.3 Å². The summed E-state index contributed by atoms with van der Waals surface area (Å²) in [5.41, 5.74) is 1.53. The van der Waals surface area contributed by atoms with E-state index < -0.39 is 0 Å². The lowest BCUT2D eigenvalue weighted by Gasteiger charge is -2.02. The maximum atomic E-state index is 9.58. The molecule has 2 rings (SSSR count). The molecule has 1 aromatic heterocycles. The van der Waals surface area contributed by atoms with Gasteiger partial charge in [0.05, 0.1) is 0 Å². The average molecular weight is 219 g/mol. The van der Waals surface area contributed by atoms with E-state index in [1.807, 2.05) is 33.2 Å². The highest BCUT2D eigenvalue weighted by Crippen LogP contribution is 2.25. The quantitative estimate of drug-likeness (QED) is 0.834. The second-order valence-electron chi connectivity index (χ2n) is 3.80. The van der Waals surface area contributed by atoms with Crippen LogP contribution in [-0.2, 0) is 0 Å². The van der Waals surface area contributed by atoms with Crippen LogP contribution in [0.1, 0.15) is 5.56 Å². The van der Waals surface area contributed by atoms with E-state index in [1.54, 1.807) is 11.0 Å². The minimum absolute atomic E-state index is 0.224. The Morgan fingerprint density at radius 1 is 1.31 bits per heavy atom. The Labute approximate surface area is 93.3 Å². The molecular formula is C11H13N3O2. The summed E-state index contributed by atoms with van der Waals surface area (Å²) < 4.78 is 5.09. The Kier molecular flexibility index (Phi) is 2.52. The topological polar surface area (TPSA) is 62.4 Å². The van der Waals surface area contributed by atoms with Crippen molar-refractivity contribution in [2.24, 2.45) is 0 Å². The Morgan fingerprint density at radius 3 is 2.62 bits per heavy atom. The normalized spacial score (nSPS) is 10.4. The van der Waals surface area contributed by atoms with Crippen molar-refractivity contribution in [3.8, 4) is 17.2 Å². The molecule has 0 aliphatic rings. The number of nitrogens with zero attached hydrogens (tertiary/aromatic N) is 3. The van der Waals surface area contributed by atoms with Crippen LogP contribution in [0.15, 0.2) is 22.7 Å². The molecule has 0 bridgehead atoms. The zero-order chi connectivity index (χ0) is 11.7. The summed E-state index contributed by atoms with van der Waals surface area (Å²) in [4.78, 5) is 5.94. The first-order valence-electron chi connectivity index (χ1n) is 4.89. The van der Waals surface area contributed by atoms with E-state index in [0.717, 1.165) is 5.56 Å². The standard InChI is InChI=1S/C11H13N3O2/c1-7-4-5-8(6-9(7)15)10-12-11(13-16-10)14(2)3/h4-6,15H,1-3H3. The smallest absolute Gasteiger partial charge is 0.265 e. The number of aromatic nitrogens is 2. The van der Waals surface area contributed by atoms with Crippen molar-refractivity contribution in [1.82, 2.24) is 10.1 Å². The molecule has 16 heavy (non-hydrogen) atoms. The molecule has 1 N–H and O–H groups in total. The molecule has 0 saturated carbocycles. The van der Waals surface area contributed by atoms with Gasteiger partial charge in [-0.2, -0.15) is 4.98 Å². The van der Waals surface area contributed by atoms with Gasteiger partial charge >= 0.3 is 0 Å². The number of rotatable bonds is 2. The fraction of sp³-hybridized carbons (Fsp3) is 0.273. The number of aromatic hydroxyl groups is 1. The Morgan fingerprint density at radius 2 is 2.06 bits per heavy atom. The first-order valence-corrected chi connectivity index (χ1v) is 4.89. The number of anilines is 1. The monoisotopic (exact) mass is 219 g/mol. The first kappa shape index (κ1) is 10.5. The minimum Gasteiger partial charge on any atom is -0.508 e. The summed E-state index contributed by atoms with van der Waals surface area (Å²) in [6, 6.07) is 5.26. The fourth-order valence-corrected chi connectivity index (χ4v) is 1.26. The summed E-state index contributed by atoms with van der Waals surface area (Å²) in [5.74, 6) is 1.14. The van der Waals surface area contributed by atoms with E-state index in [9.17, 15) is 5.11 Å². The number of benzene rings is 1. The van der Waals surface area contributed by atoms with Crippen LogP contribution < -0.4 is 4.90 Å². The molecule has 0 spiro atoms. The second-order valence-corrected chi connectivity index (χ2v) is 3.80. The third kappa shape index (κ3) is 1.84. The minimum atomic E-state index is 0.224. The first-order chi connectivity index (χ1) is 7.58. The number of aryl methyl sites for hydroxylation is 1. The van der Waals surface area contributed by atoms with Gasteiger partial charge in [0.25, 0.3) is 11.8 Å². The molecule has 2 aromatic rings. The molecule has 0 amide bonds. The third-order valence-corrected chi connectivity index (χ3v) is 2.27. The SMILES string of the molecule is Cc1ccc(-c2nc(N(C)C)no2)cc1O. The molecule has 0 aliphatic carbocycles. The van der Waals surface area contributed by atoms with E-state index in [0.29, 0.717) is 17.4 Å². The van der Waals surface area contributed by atoms with Gasteiger partial charge in [0.15, 0.2) is 0 Å². The molecule has 1 heterocycles. The van der Waals surface area contributed by atoms with Crippen molar-refractivity contribution in [1.29, 1.82) is 0 Å². The van der Waals surface area contributed by atoms with Crippen molar-refractivity contribution in [3.05, 3.63) is 23.8 Å². The van der Waals surface area contributed by atoms with Gasteiger partial charge in [-0.25, -0.2) is 0 Å². The van der Waals surface area contributed by atoms with Gasteiger partial charge < -0.3 is 14.5 Å². The highest BCUT2D eigenvalue weighted by Gasteiger charge is 2.10. The average Bonchev–Trinajstić information content (AvgIpc) is 2.71. The van der Waals surface area contributed by atoms with Gasteiger partial charge in [0.2, 0.25) is 0 Å². The van der Waals surface area contributed by atoms with E-state index in [4.69, 9.17) is 4.52 Å². The van der Waals surface area contributed by atoms with Crippen LogP contribution in [0.25, 0.3) is 11.5 Å². The van der Waals surface area contributed by atoms with Crippen molar-refractivity contribution in [2.75, 3.05) is 19.0 Å². The van der Waals surface area contributed by atoms with Gasteiger partial charge in [0, 0.05) is 19.7 Å². The molecule has 5 heteroatoms. The molecule has 84 valence electrons. The zero-order valence-electron chi connectivity index (χ0n) is 9.43. The molecule has 0 saturated heterocycles.